The number of anilines is 2. The van der Waals surface area contributed by atoms with Gasteiger partial charge in [0, 0.05) is 63.5 Å². The van der Waals surface area contributed by atoms with Gasteiger partial charge < -0.3 is 14.7 Å². The molecule has 0 saturated carbocycles. The normalized spacial score (nSPS) is 18.6. The van der Waals surface area contributed by atoms with Crippen LogP contribution >= 0.6 is 0 Å². The van der Waals surface area contributed by atoms with E-state index in [0.717, 1.165) is 51.3 Å². The third kappa shape index (κ3) is 4.24. The Kier molecular flexibility index (Phi) is 5.74. The van der Waals surface area contributed by atoms with Gasteiger partial charge in [0.1, 0.15) is 5.82 Å². The molecule has 5 nitrogen and oxygen atoms in total. The highest BCUT2D eigenvalue weighted by molar-refractivity contribution is 5.78. The van der Waals surface area contributed by atoms with Gasteiger partial charge in [0.2, 0.25) is 5.91 Å². The van der Waals surface area contributed by atoms with Gasteiger partial charge in [-0.1, -0.05) is 24.3 Å². The van der Waals surface area contributed by atoms with Crippen LogP contribution in [0, 0.1) is 0 Å². The summed E-state index contributed by atoms with van der Waals surface area (Å²) in [5.41, 5.74) is 3.98. The molecule has 3 heterocycles. The lowest BCUT2D eigenvalue weighted by Gasteiger charge is -2.24. The van der Waals surface area contributed by atoms with Crippen molar-refractivity contribution in [1.82, 2.24) is 9.88 Å². The summed E-state index contributed by atoms with van der Waals surface area (Å²) in [5.74, 6) is 1.82. The van der Waals surface area contributed by atoms with Crippen molar-refractivity contribution < 1.29 is 4.79 Å². The van der Waals surface area contributed by atoms with Gasteiger partial charge in [0.25, 0.3) is 0 Å². The third-order valence-electron chi connectivity index (χ3n) is 6.40. The molecule has 1 atom stereocenters. The summed E-state index contributed by atoms with van der Waals surface area (Å²) in [5, 5.41) is 0. The second kappa shape index (κ2) is 8.44. The minimum Gasteiger partial charge on any atom is -0.366 e. The number of nitrogens with zero attached hydrogens (tertiary/aromatic N) is 4. The molecule has 2 aliphatic heterocycles. The zero-order valence-electron chi connectivity index (χ0n) is 17.8. The van der Waals surface area contributed by atoms with E-state index in [1.807, 2.05) is 11.1 Å². The number of para-hydroxylation sites is 1. The van der Waals surface area contributed by atoms with Gasteiger partial charge in [-0.05, 0) is 49.9 Å². The molecular weight excluding hydrogens is 360 g/mol. The fourth-order valence-corrected chi connectivity index (χ4v) is 4.44. The lowest BCUT2D eigenvalue weighted by atomic mass is 9.98. The lowest BCUT2D eigenvalue weighted by Crippen LogP contribution is -2.28. The molecule has 1 aromatic carbocycles. The van der Waals surface area contributed by atoms with Crippen LogP contribution in [-0.2, 0) is 11.3 Å². The van der Waals surface area contributed by atoms with Gasteiger partial charge in [-0.15, -0.1) is 0 Å². The third-order valence-corrected chi connectivity index (χ3v) is 6.40. The van der Waals surface area contributed by atoms with Crippen molar-refractivity contribution in [3.8, 4) is 0 Å². The van der Waals surface area contributed by atoms with Gasteiger partial charge in [-0.2, -0.15) is 0 Å². The molecule has 154 valence electrons. The SMILES string of the molecule is CC(C)N(C)c1ccc(CN2CC(CCN3CCCC3=O)c3ccccc32)cn1. The van der Waals surface area contributed by atoms with Crippen LogP contribution in [0.25, 0.3) is 0 Å². The van der Waals surface area contributed by atoms with Crippen molar-refractivity contribution in [2.24, 2.45) is 0 Å². The van der Waals surface area contributed by atoms with Gasteiger partial charge in [0.15, 0.2) is 0 Å². The molecule has 1 unspecified atom stereocenters. The Bertz CT molecular complexity index is 848. The fraction of sp³-hybridized carbons (Fsp3) is 0.500. The van der Waals surface area contributed by atoms with E-state index in [1.165, 1.54) is 16.8 Å². The van der Waals surface area contributed by atoms with Crippen LogP contribution in [0.3, 0.4) is 0 Å². The minimum absolute atomic E-state index is 0.325. The van der Waals surface area contributed by atoms with Gasteiger partial charge in [0.05, 0.1) is 0 Å². The van der Waals surface area contributed by atoms with Crippen LogP contribution in [0.4, 0.5) is 11.5 Å². The summed E-state index contributed by atoms with van der Waals surface area (Å²) in [6.07, 6.45) is 4.78. The lowest BCUT2D eigenvalue weighted by molar-refractivity contribution is -0.127. The fourth-order valence-electron chi connectivity index (χ4n) is 4.44. The number of fused-ring (bicyclic) bond motifs is 1. The first kappa shape index (κ1) is 19.7. The zero-order valence-corrected chi connectivity index (χ0v) is 17.8. The first-order chi connectivity index (χ1) is 14.0. The second-order valence-electron chi connectivity index (χ2n) is 8.64. The van der Waals surface area contributed by atoms with Crippen molar-refractivity contribution in [2.45, 2.75) is 51.6 Å². The molecule has 2 aliphatic rings. The minimum atomic E-state index is 0.325. The van der Waals surface area contributed by atoms with Crippen molar-refractivity contribution >= 4 is 17.4 Å². The number of amides is 1. The Morgan fingerprint density at radius 3 is 2.69 bits per heavy atom. The molecule has 0 aliphatic carbocycles. The molecule has 1 fully saturated rings. The van der Waals surface area contributed by atoms with Crippen LogP contribution in [-0.4, -0.2) is 48.5 Å². The topological polar surface area (TPSA) is 39.7 Å². The van der Waals surface area contributed by atoms with Crippen LogP contribution in [0.5, 0.6) is 0 Å². The highest BCUT2D eigenvalue weighted by atomic mass is 16.2. The maximum absolute atomic E-state index is 12.0. The molecule has 0 spiro atoms. The number of rotatable bonds is 7. The zero-order chi connectivity index (χ0) is 20.4. The maximum Gasteiger partial charge on any atom is 0.222 e. The summed E-state index contributed by atoms with van der Waals surface area (Å²) in [4.78, 5) is 23.3. The van der Waals surface area contributed by atoms with Crippen LogP contribution < -0.4 is 9.80 Å². The molecule has 2 aromatic rings. The summed E-state index contributed by atoms with van der Waals surface area (Å²) in [6, 6.07) is 13.5. The van der Waals surface area contributed by atoms with Crippen molar-refractivity contribution in [1.29, 1.82) is 0 Å². The van der Waals surface area contributed by atoms with Gasteiger partial charge in [-0.25, -0.2) is 4.98 Å². The summed E-state index contributed by atoms with van der Waals surface area (Å²) in [6.45, 7) is 8.03. The van der Waals surface area contributed by atoms with E-state index in [-0.39, 0.29) is 0 Å². The average Bonchev–Trinajstić information content (AvgIpc) is 3.30. The van der Waals surface area contributed by atoms with E-state index < -0.39 is 0 Å². The molecule has 29 heavy (non-hydrogen) atoms. The highest BCUT2D eigenvalue weighted by Gasteiger charge is 2.29. The molecule has 0 bridgehead atoms. The van der Waals surface area contributed by atoms with Crippen molar-refractivity contribution in [2.75, 3.05) is 36.5 Å². The number of hydrogen-bond acceptors (Lipinski definition) is 4. The number of carbonyl (C=O) groups excluding carboxylic acids is 1. The highest BCUT2D eigenvalue weighted by Crippen LogP contribution is 2.39. The predicted octanol–water partition coefficient (Wildman–Crippen LogP) is 4.04. The molecule has 1 amide bonds. The van der Waals surface area contributed by atoms with E-state index in [4.69, 9.17) is 0 Å². The van der Waals surface area contributed by atoms with Crippen LogP contribution in [0.15, 0.2) is 42.6 Å². The van der Waals surface area contributed by atoms with E-state index in [0.29, 0.717) is 17.9 Å². The number of pyridine rings is 1. The van der Waals surface area contributed by atoms with Crippen molar-refractivity contribution in [3.63, 3.8) is 0 Å². The molecule has 5 heteroatoms. The van der Waals surface area contributed by atoms with E-state index >= 15 is 0 Å². The quantitative estimate of drug-likeness (QED) is 0.713. The Labute approximate surface area is 174 Å². The summed E-state index contributed by atoms with van der Waals surface area (Å²) < 4.78 is 0. The monoisotopic (exact) mass is 392 g/mol. The molecule has 0 radical (unpaired) electrons. The van der Waals surface area contributed by atoms with Crippen LogP contribution in [0.2, 0.25) is 0 Å². The van der Waals surface area contributed by atoms with Crippen molar-refractivity contribution in [3.05, 3.63) is 53.7 Å². The Morgan fingerprint density at radius 2 is 2.00 bits per heavy atom. The molecule has 1 saturated heterocycles. The summed E-state index contributed by atoms with van der Waals surface area (Å²) >= 11 is 0. The first-order valence-corrected chi connectivity index (χ1v) is 10.8. The Hall–Kier alpha value is -2.56. The predicted molar refractivity (Wildman–Crippen MR) is 118 cm³/mol. The molecular formula is C24H32N4O. The number of hydrogen-bond donors (Lipinski definition) is 0. The standard InChI is InChI=1S/C24H32N4O/c1-18(2)26(3)23-11-10-19(15-25-23)16-28-17-20(21-7-4-5-8-22(21)28)12-14-27-13-6-9-24(27)29/h4-5,7-8,10-11,15,18,20H,6,9,12-14,16-17H2,1-3H3. The largest absolute Gasteiger partial charge is 0.366 e. The van der Waals surface area contributed by atoms with Crippen LogP contribution in [0.1, 0.15) is 50.2 Å². The smallest absolute Gasteiger partial charge is 0.222 e. The summed E-state index contributed by atoms with van der Waals surface area (Å²) in [7, 11) is 2.08. The number of carbonyl (C=O) groups is 1. The maximum atomic E-state index is 12.0. The van der Waals surface area contributed by atoms with E-state index in [1.54, 1.807) is 0 Å². The number of benzene rings is 1. The number of aromatic nitrogens is 1. The Morgan fingerprint density at radius 1 is 1.17 bits per heavy atom. The van der Waals surface area contributed by atoms with Gasteiger partial charge >= 0.3 is 0 Å². The van der Waals surface area contributed by atoms with Gasteiger partial charge in [-0.3, -0.25) is 4.79 Å². The number of likely N-dealkylation sites (tertiary alicyclic amines) is 1. The second-order valence-corrected chi connectivity index (χ2v) is 8.64. The molecule has 1 aromatic heterocycles. The molecule has 4 rings (SSSR count). The first-order valence-electron chi connectivity index (χ1n) is 10.8. The average molecular weight is 393 g/mol. The van der Waals surface area contributed by atoms with E-state index in [9.17, 15) is 4.79 Å². The van der Waals surface area contributed by atoms with E-state index in [2.05, 4.69) is 72.1 Å². The molecule has 0 N–H and O–H groups in total. The Balaban J connectivity index is 1.43.